The van der Waals surface area contributed by atoms with E-state index >= 15 is 0 Å². The Bertz CT molecular complexity index is 454. The number of unbranched alkanes of at least 4 members (excludes halogenated alkanes) is 1. The van der Waals surface area contributed by atoms with E-state index in [-0.39, 0.29) is 6.10 Å². The number of nitrogens with zero attached hydrogens (tertiary/aromatic N) is 1. The molecule has 1 rings (SSSR count). The fourth-order valence-electron chi connectivity index (χ4n) is 2.22. The van der Waals surface area contributed by atoms with Crippen LogP contribution in [-0.4, -0.2) is 59.6 Å². The summed E-state index contributed by atoms with van der Waals surface area (Å²) in [6, 6.07) is 10.1. The maximum absolute atomic E-state index is 5.55. The number of hydrogen-bond acceptors (Lipinski definition) is 4. The van der Waals surface area contributed by atoms with Gasteiger partial charge in [0.15, 0.2) is 5.96 Å². The number of hydrogen-bond donors (Lipinski definition) is 2. The van der Waals surface area contributed by atoms with Crippen LogP contribution in [-0.2, 0) is 14.2 Å². The molecule has 1 aromatic rings. The van der Waals surface area contributed by atoms with Crippen LogP contribution in [0.5, 0.6) is 0 Å². The van der Waals surface area contributed by atoms with Crippen LogP contribution in [0.3, 0.4) is 0 Å². The average Bonchev–Trinajstić information content (AvgIpc) is 2.66. The maximum Gasteiger partial charge on any atom is 0.191 e. The molecule has 0 saturated carbocycles. The summed E-state index contributed by atoms with van der Waals surface area (Å²) < 4.78 is 16.5. The molecule has 6 nitrogen and oxygen atoms in total. The van der Waals surface area contributed by atoms with E-state index in [1.54, 1.807) is 14.2 Å². The number of nitrogens with one attached hydrogen (secondary N) is 2. The molecule has 0 fully saturated rings. The molecule has 1 atom stereocenters. The molecule has 0 amide bonds. The lowest BCUT2D eigenvalue weighted by molar-refractivity contribution is 0.0487. The van der Waals surface area contributed by atoms with Crippen LogP contribution in [0.25, 0.3) is 0 Å². The summed E-state index contributed by atoms with van der Waals surface area (Å²) >= 11 is 0. The van der Waals surface area contributed by atoms with Crippen molar-refractivity contribution in [1.82, 2.24) is 10.6 Å². The molecule has 142 valence electrons. The monoisotopic (exact) mass is 351 g/mol. The van der Waals surface area contributed by atoms with Gasteiger partial charge in [-0.05, 0) is 12.0 Å². The highest BCUT2D eigenvalue weighted by Crippen LogP contribution is 2.14. The number of guanidine groups is 1. The van der Waals surface area contributed by atoms with Gasteiger partial charge in [0.25, 0.3) is 0 Å². The molecule has 0 saturated heterocycles. The molecule has 0 heterocycles. The predicted molar refractivity (Wildman–Crippen MR) is 102 cm³/mol. The van der Waals surface area contributed by atoms with Crippen molar-refractivity contribution in [2.24, 2.45) is 4.99 Å². The molecule has 25 heavy (non-hydrogen) atoms. The SMILES string of the molecule is CCCCOCCOCCNC(=NC)NCC(OC)c1ccccc1. The highest BCUT2D eigenvalue weighted by molar-refractivity contribution is 5.79. The van der Waals surface area contributed by atoms with Gasteiger partial charge in [-0.2, -0.15) is 0 Å². The van der Waals surface area contributed by atoms with Crippen LogP contribution in [0, 0.1) is 0 Å². The Morgan fingerprint density at radius 2 is 1.76 bits per heavy atom. The minimum absolute atomic E-state index is 0.0173. The Balaban J connectivity index is 2.14. The van der Waals surface area contributed by atoms with Crippen molar-refractivity contribution in [3.63, 3.8) is 0 Å². The fraction of sp³-hybridized carbons (Fsp3) is 0.632. The van der Waals surface area contributed by atoms with Crippen molar-refractivity contribution in [3.8, 4) is 0 Å². The number of benzene rings is 1. The largest absolute Gasteiger partial charge is 0.379 e. The number of ether oxygens (including phenoxy) is 3. The van der Waals surface area contributed by atoms with Gasteiger partial charge >= 0.3 is 0 Å². The summed E-state index contributed by atoms with van der Waals surface area (Å²) in [5.74, 6) is 0.737. The molecule has 0 spiro atoms. The lowest BCUT2D eigenvalue weighted by atomic mass is 10.1. The van der Waals surface area contributed by atoms with E-state index in [1.807, 2.05) is 18.2 Å². The molecule has 0 bridgehead atoms. The quantitative estimate of drug-likeness (QED) is 0.324. The molecule has 2 N–H and O–H groups in total. The Labute approximate surface area is 152 Å². The van der Waals surface area contributed by atoms with Gasteiger partial charge in [-0.25, -0.2) is 0 Å². The summed E-state index contributed by atoms with van der Waals surface area (Å²) in [6.07, 6.45) is 2.25. The minimum Gasteiger partial charge on any atom is -0.379 e. The van der Waals surface area contributed by atoms with E-state index < -0.39 is 0 Å². The normalized spacial score (nSPS) is 12.8. The Kier molecular flexibility index (Phi) is 12.6. The van der Waals surface area contributed by atoms with Gasteiger partial charge in [0.05, 0.1) is 25.9 Å². The van der Waals surface area contributed by atoms with Crippen molar-refractivity contribution in [2.45, 2.75) is 25.9 Å². The summed E-state index contributed by atoms with van der Waals surface area (Å²) in [7, 11) is 3.47. The van der Waals surface area contributed by atoms with Crippen LogP contribution in [0.4, 0.5) is 0 Å². The lowest BCUT2D eigenvalue weighted by Crippen LogP contribution is -2.41. The lowest BCUT2D eigenvalue weighted by Gasteiger charge is -2.18. The molecule has 1 unspecified atom stereocenters. The topological polar surface area (TPSA) is 64.1 Å². The first kappa shape index (κ1) is 21.4. The first-order chi connectivity index (χ1) is 12.3. The van der Waals surface area contributed by atoms with Gasteiger partial charge in [-0.3, -0.25) is 4.99 Å². The number of rotatable bonds is 13. The van der Waals surface area contributed by atoms with Gasteiger partial charge in [0.1, 0.15) is 0 Å². The van der Waals surface area contributed by atoms with Gasteiger partial charge in [0.2, 0.25) is 0 Å². The van der Waals surface area contributed by atoms with E-state index in [1.165, 1.54) is 0 Å². The predicted octanol–water partition coefficient (Wildman–Crippen LogP) is 2.37. The zero-order valence-electron chi connectivity index (χ0n) is 15.8. The van der Waals surface area contributed by atoms with Crippen LogP contribution in [0.15, 0.2) is 35.3 Å². The highest BCUT2D eigenvalue weighted by atomic mass is 16.5. The Hall–Kier alpha value is -1.63. The van der Waals surface area contributed by atoms with Crippen LogP contribution in [0.1, 0.15) is 31.4 Å². The Morgan fingerprint density at radius 1 is 1.04 bits per heavy atom. The maximum atomic E-state index is 5.55. The second kappa shape index (κ2) is 14.7. The van der Waals surface area contributed by atoms with Crippen molar-refractivity contribution >= 4 is 5.96 Å². The molecule has 0 aliphatic rings. The molecule has 6 heteroatoms. The smallest absolute Gasteiger partial charge is 0.191 e. The summed E-state index contributed by atoms with van der Waals surface area (Å²) in [4.78, 5) is 4.21. The van der Waals surface area contributed by atoms with E-state index in [2.05, 4.69) is 34.7 Å². The molecule has 0 radical (unpaired) electrons. The van der Waals surface area contributed by atoms with Gasteiger partial charge in [-0.15, -0.1) is 0 Å². The second-order valence-corrected chi connectivity index (χ2v) is 5.59. The Morgan fingerprint density at radius 3 is 2.40 bits per heavy atom. The minimum atomic E-state index is -0.0173. The molecule has 0 aliphatic heterocycles. The zero-order valence-corrected chi connectivity index (χ0v) is 15.8. The first-order valence-electron chi connectivity index (χ1n) is 8.99. The van der Waals surface area contributed by atoms with Gasteiger partial charge in [0, 0.05) is 33.9 Å². The van der Waals surface area contributed by atoms with Crippen LogP contribution < -0.4 is 10.6 Å². The summed E-state index contributed by atoms with van der Waals surface area (Å²) in [5.41, 5.74) is 1.14. The molecule has 0 aliphatic carbocycles. The van der Waals surface area contributed by atoms with Gasteiger partial charge in [-0.1, -0.05) is 43.7 Å². The van der Waals surface area contributed by atoms with Gasteiger partial charge < -0.3 is 24.8 Å². The van der Waals surface area contributed by atoms with Crippen molar-refractivity contribution in [3.05, 3.63) is 35.9 Å². The molecular weight excluding hydrogens is 318 g/mol. The third-order valence-corrected chi connectivity index (χ3v) is 3.69. The zero-order chi connectivity index (χ0) is 18.2. The molecule has 1 aromatic carbocycles. The second-order valence-electron chi connectivity index (χ2n) is 5.59. The first-order valence-corrected chi connectivity index (χ1v) is 8.99. The third kappa shape index (κ3) is 10.1. The van der Waals surface area contributed by atoms with Crippen LogP contribution in [0.2, 0.25) is 0 Å². The third-order valence-electron chi connectivity index (χ3n) is 3.69. The van der Waals surface area contributed by atoms with Crippen molar-refractivity contribution < 1.29 is 14.2 Å². The summed E-state index contributed by atoms with van der Waals surface area (Å²) in [6.45, 7) is 6.20. The standard InChI is InChI=1S/C19H33N3O3/c1-4-5-12-24-14-15-25-13-11-21-19(20-2)22-16-18(23-3)17-9-7-6-8-10-17/h6-10,18H,4-5,11-16H2,1-3H3,(H2,20,21,22). The average molecular weight is 351 g/mol. The highest BCUT2D eigenvalue weighted by Gasteiger charge is 2.10. The van der Waals surface area contributed by atoms with E-state index in [9.17, 15) is 0 Å². The van der Waals surface area contributed by atoms with E-state index in [4.69, 9.17) is 14.2 Å². The van der Waals surface area contributed by atoms with E-state index in [0.29, 0.717) is 32.9 Å². The summed E-state index contributed by atoms with van der Waals surface area (Å²) in [5, 5.41) is 6.51. The number of aliphatic imine (C=N–C) groups is 1. The van der Waals surface area contributed by atoms with E-state index in [0.717, 1.165) is 31.0 Å². The fourth-order valence-corrected chi connectivity index (χ4v) is 2.22. The van der Waals surface area contributed by atoms with Crippen molar-refractivity contribution in [1.29, 1.82) is 0 Å². The number of methoxy groups -OCH3 is 1. The van der Waals surface area contributed by atoms with Crippen molar-refractivity contribution in [2.75, 3.05) is 53.7 Å². The molecule has 0 aromatic heterocycles. The van der Waals surface area contributed by atoms with Crippen LogP contribution >= 0.6 is 0 Å². The molecular formula is C19H33N3O3.